The smallest absolute Gasteiger partial charge is 0.256 e. The fraction of sp³-hybridized carbons (Fsp3) is 0.458. The highest BCUT2D eigenvalue weighted by molar-refractivity contribution is 6.12. The highest BCUT2D eigenvalue weighted by Crippen LogP contribution is 2.40. The lowest BCUT2D eigenvalue weighted by Crippen LogP contribution is -2.44. The van der Waals surface area contributed by atoms with Crippen LogP contribution in [0.3, 0.4) is 0 Å². The molecular formula is C24H30N6O. The van der Waals surface area contributed by atoms with Crippen molar-refractivity contribution in [3.8, 4) is 0 Å². The van der Waals surface area contributed by atoms with Gasteiger partial charge in [0.1, 0.15) is 0 Å². The molecule has 0 unspecified atom stereocenters. The summed E-state index contributed by atoms with van der Waals surface area (Å²) in [5.41, 5.74) is 4.51. The first-order chi connectivity index (χ1) is 15.1. The Labute approximate surface area is 183 Å². The van der Waals surface area contributed by atoms with Gasteiger partial charge in [-0.3, -0.25) is 4.79 Å². The molecule has 2 aliphatic rings. The van der Waals surface area contributed by atoms with Crippen LogP contribution in [0.5, 0.6) is 0 Å². The summed E-state index contributed by atoms with van der Waals surface area (Å²) in [4.78, 5) is 22.8. The molecule has 1 aliphatic heterocycles. The van der Waals surface area contributed by atoms with Crippen LogP contribution in [-0.4, -0.2) is 58.8 Å². The van der Waals surface area contributed by atoms with Crippen LogP contribution in [0.4, 0.5) is 11.4 Å². The average molecular weight is 419 g/mol. The number of carbonyl (C=O) groups excluding carboxylic acids is 1. The predicted molar refractivity (Wildman–Crippen MR) is 124 cm³/mol. The number of likely N-dealkylation sites (N-methyl/N-ethyl adjacent to an activating group) is 1. The van der Waals surface area contributed by atoms with Crippen LogP contribution < -0.4 is 10.2 Å². The van der Waals surface area contributed by atoms with E-state index in [-0.39, 0.29) is 5.91 Å². The zero-order valence-electron chi connectivity index (χ0n) is 18.3. The van der Waals surface area contributed by atoms with Gasteiger partial charge in [0.25, 0.3) is 5.91 Å². The van der Waals surface area contributed by atoms with E-state index in [4.69, 9.17) is 4.98 Å². The Morgan fingerprint density at radius 1 is 1.13 bits per heavy atom. The molecule has 7 heteroatoms. The Hall–Kier alpha value is -2.93. The van der Waals surface area contributed by atoms with Crippen LogP contribution in [0.25, 0.3) is 11.0 Å². The number of nitrogens with zero attached hydrogens (tertiary/aromatic N) is 5. The second kappa shape index (κ2) is 8.30. The van der Waals surface area contributed by atoms with Crippen molar-refractivity contribution in [1.29, 1.82) is 0 Å². The van der Waals surface area contributed by atoms with E-state index in [0.717, 1.165) is 74.4 Å². The number of aryl methyl sites for hydroxylation is 1. The Morgan fingerprint density at radius 2 is 1.87 bits per heavy atom. The maximum atomic E-state index is 13.2. The molecule has 0 spiro atoms. The Morgan fingerprint density at radius 3 is 2.55 bits per heavy atom. The largest absolute Gasteiger partial charge is 0.369 e. The summed E-state index contributed by atoms with van der Waals surface area (Å²) >= 11 is 0. The van der Waals surface area contributed by atoms with Gasteiger partial charge >= 0.3 is 0 Å². The molecule has 1 aliphatic carbocycles. The van der Waals surface area contributed by atoms with E-state index in [2.05, 4.69) is 46.3 Å². The summed E-state index contributed by atoms with van der Waals surface area (Å²) in [6.07, 6.45) is 5.05. The summed E-state index contributed by atoms with van der Waals surface area (Å²) in [7, 11) is 2.16. The minimum atomic E-state index is -0.0994. The van der Waals surface area contributed by atoms with Crippen molar-refractivity contribution >= 4 is 28.3 Å². The Balaban J connectivity index is 1.37. The number of carbonyl (C=O) groups is 1. The summed E-state index contributed by atoms with van der Waals surface area (Å²) in [6.45, 7) is 7.14. The van der Waals surface area contributed by atoms with Gasteiger partial charge in [0.15, 0.2) is 5.65 Å². The minimum Gasteiger partial charge on any atom is -0.369 e. The van der Waals surface area contributed by atoms with Crippen molar-refractivity contribution in [2.24, 2.45) is 0 Å². The van der Waals surface area contributed by atoms with Crippen molar-refractivity contribution in [3.05, 3.63) is 47.8 Å². The third kappa shape index (κ3) is 4.14. The number of aromatic nitrogens is 3. The molecule has 2 fully saturated rings. The van der Waals surface area contributed by atoms with Crippen LogP contribution in [-0.2, 0) is 6.54 Å². The summed E-state index contributed by atoms with van der Waals surface area (Å²) < 4.78 is 1.92. The fourth-order valence-corrected chi connectivity index (χ4v) is 4.24. The monoisotopic (exact) mass is 418 g/mol. The van der Waals surface area contributed by atoms with Gasteiger partial charge in [-0.2, -0.15) is 5.10 Å². The summed E-state index contributed by atoms with van der Waals surface area (Å²) in [5.74, 6) is 0.376. The van der Waals surface area contributed by atoms with Crippen LogP contribution >= 0.6 is 0 Å². The molecule has 0 radical (unpaired) electrons. The fourth-order valence-electron chi connectivity index (χ4n) is 4.24. The molecule has 7 nitrogen and oxygen atoms in total. The van der Waals surface area contributed by atoms with E-state index in [1.807, 2.05) is 22.9 Å². The van der Waals surface area contributed by atoms with Gasteiger partial charge in [0, 0.05) is 55.7 Å². The molecule has 0 bridgehead atoms. The van der Waals surface area contributed by atoms with Gasteiger partial charge in [0.05, 0.1) is 17.1 Å². The highest BCUT2D eigenvalue weighted by Gasteiger charge is 2.28. The zero-order chi connectivity index (χ0) is 21.4. The maximum Gasteiger partial charge on any atom is 0.256 e. The Bertz CT molecular complexity index is 1080. The molecule has 3 aromatic rings. The standard InChI is InChI=1S/C24H30N6O/c1-3-10-30-23-21(16-25-30)20(15-22(27-23)17-4-5-17)24(31)26-18-6-8-19(9-7-18)29-13-11-28(2)12-14-29/h6-9,15-17H,3-5,10-14H2,1-2H3,(H,26,31). The Kier molecular flexibility index (Phi) is 5.36. The second-order valence-electron chi connectivity index (χ2n) is 8.77. The molecule has 1 saturated heterocycles. The number of pyridine rings is 1. The number of fused-ring (bicyclic) bond motifs is 1. The number of anilines is 2. The molecular weight excluding hydrogens is 388 g/mol. The number of hydrogen-bond donors (Lipinski definition) is 1. The van der Waals surface area contributed by atoms with Crippen LogP contribution in [0, 0.1) is 0 Å². The summed E-state index contributed by atoms with van der Waals surface area (Å²) in [5, 5.41) is 8.40. The molecule has 1 aromatic carbocycles. The normalized spacial score (nSPS) is 17.3. The molecule has 0 atom stereocenters. The predicted octanol–water partition coefficient (Wildman–Crippen LogP) is 3.72. The molecule has 5 rings (SSSR count). The van der Waals surface area contributed by atoms with Crippen molar-refractivity contribution < 1.29 is 4.79 Å². The van der Waals surface area contributed by atoms with Crippen LogP contribution in [0.15, 0.2) is 36.5 Å². The van der Waals surface area contributed by atoms with Crippen molar-refractivity contribution in [3.63, 3.8) is 0 Å². The van der Waals surface area contributed by atoms with Crippen molar-refractivity contribution in [1.82, 2.24) is 19.7 Å². The lowest BCUT2D eigenvalue weighted by atomic mass is 10.1. The van der Waals surface area contributed by atoms with Gasteiger partial charge in [0.2, 0.25) is 0 Å². The molecule has 1 saturated carbocycles. The molecule has 1 amide bonds. The second-order valence-corrected chi connectivity index (χ2v) is 8.77. The van der Waals surface area contributed by atoms with E-state index in [1.165, 1.54) is 5.69 Å². The quantitative estimate of drug-likeness (QED) is 0.661. The molecule has 3 heterocycles. The van der Waals surface area contributed by atoms with E-state index in [0.29, 0.717) is 11.5 Å². The van der Waals surface area contributed by atoms with Gasteiger partial charge < -0.3 is 15.1 Å². The number of amides is 1. The number of hydrogen-bond acceptors (Lipinski definition) is 5. The average Bonchev–Trinajstić information content (AvgIpc) is 3.56. The third-order valence-electron chi connectivity index (χ3n) is 6.30. The number of nitrogens with one attached hydrogen (secondary N) is 1. The van der Waals surface area contributed by atoms with E-state index in [1.54, 1.807) is 6.20 Å². The zero-order valence-corrected chi connectivity index (χ0v) is 18.3. The van der Waals surface area contributed by atoms with E-state index in [9.17, 15) is 4.79 Å². The SMILES string of the molecule is CCCn1ncc2c(C(=O)Nc3ccc(N4CCN(C)CC4)cc3)cc(C3CC3)nc21. The first-order valence-electron chi connectivity index (χ1n) is 11.3. The minimum absolute atomic E-state index is 0.0994. The van der Waals surface area contributed by atoms with Gasteiger partial charge in [-0.05, 0) is 56.6 Å². The van der Waals surface area contributed by atoms with Crippen LogP contribution in [0.2, 0.25) is 0 Å². The molecule has 162 valence electrons. The lowest BCUT2D eigenvalue weighted by Gasteiger charge is -2.34. The van der Waals surface area contributed by atoms with Gasteiger partial charge in [-0.25, -0.2) is 9.67 Å². The molecule has 1 N–H and O–H groups in total. The topological polar surface area (TPSA) is 66.3 Å². The highest BCUT2D eigenvalue weighted by atomic mass is 16.1. The molecule has 31 heavy (non-hydrogen) atoms. The first kappa shape index (κ1) is 20.0. The van der Waals surface area contributed by atoms with Crippen molar-refractivity contribution in [2.75, 3.05) is 43.4 Å². The van der Waals surface area contributed by atoms with Crippen LogP contribution in [0.1, 0.15) is 48.2 Å². The third-order valence-corrected chi connectivity index (χ3v) is 6.30. The van der Waals surface area contributed by atoms with Gasteiger partial charge in [-0.15, -0.1) is 0 Å². The summed E-state index contributed by atoms with van der Waals surface area (Å²) in [6, 6.07) is 10.1. The van der Waals surface area contributed by atoms with Crippen molar-refractivity contribution in [2.45, 2.75) is 38.6 Å². The maximum absolute atomic E-state index is 13.2. The lowest BCUT2D eigenvalue weighted by molar-refractivity contribution is 0.102. The van der Waals surface area contributed by atoms with E-state index < -0.39 is 0 Å². The number of rotatable bonds is 6. The number of piperazine rings is 1. The first-order valence-corrected chi connectivity index (χ1v) is 11.3. The van der Waals surface area contributed by atoms with Gasteiger partial charge in [-0.1, -0.05) is 6.92 Å². The number of benzene rings is 1. The molecule has 2 aromatic heterocycles. The van der Waals surface area contributed by atoms with E-state index >= 15 is 0 Å².